The monoisotopic (exact) mass is 317 g/mol. The summed E-state index contributed by atoms with van der Waals surface area (Å²) in [4.78, 5) is 11.8. The number of hydrogen-bond donors (Lipinski definition) is 2. The van der Waals surface area contributed by atoms with Gasteiger partial charge in [0, 0.05) is 11.0 Å². The second-order valence-corrected chi connectivity index (χ2v) is 6.13. The zero-order chi connectivity index (χ0) is 13.9. The van der Waals surface area contributed by atoms with Gasteiger partial charge >= 0.3 is 0 Å². The van der Waals surface area contributed by atoms with E-state index >= 15 is 0 Å². The third kappa shape index (κ3) is 4.07. The maximum Gasteiger partial charge on any atom is 0.254 e. The molecule has 0 aliphatic heterocycles. The third-order valence-electron chi connectivity index (χ3n) is 2.63. The Kier molecular flexibility index (Phi) is 4.87. The fourth-order valence-corrected chi connectivity index (χ4v) is 1.62. The van der Waals surface area contributed by atoms with Crippen molar-refractivity contribution in [3.63, 3.8) is 0 Å². The summed E-state index contributed by atoms with van der Waals surface area (Å²) in [5, 5.41) is 12.3. The largest absolute Gasteiger partial charge is 0.391 e. The predicted octanol–water partition coefficient (Wildman–Crippen LogP) is 2.73. The Labute approximate surface area is 115 Å². The minimum atomic E-state index is -0.684. The number of carbonyl (C=O) groups is 1. The van der Waals surface area contributed by atoms with Gasteiger partial charge in [0.05, 0.1) is 11.7 Å². The van der Waals surface area contributed by atoms with Gasteiger partial charge in [-0.1, -0.05) is 36.7 Å². The molecule has 1 atom stereocenters. The lowest BCUT2D eigenvalue weighted by Crippen LogP contribution is -2.39. The van der Waals surface area contributed by atoms with Gasteiger partial charge < -0.3 is 10.4 Å². The van der Waals surface area contributed by atoms with Crippen LogP contribution < -0.4 is 5.32 Å². The highest BCUT2D eigenvalue weighted by Gasteiger charge is 2.23. The van der Waals surface area contributed by atoms with Gasteiger partial charge in [0.15, 0.2) is 0 Å². The standard InChI is InChI=1S/C13H17BrFNO2/c1-13(2,3)11(17)7-16-12(18)9-6-8(14)4-5-10(9)15/h4-6,11,17H,7H2,1-3H3,(H,16,18). The highest BCUT2D eigenvalue weighted by molar-refractivity contribution is 9.10. The Balaban J connectivity index is 2.69. The van der Waals surface area contributed by atoms with Gasteiger partial charge in [0.1, 0.15) is 5.82 Å². The van der Waals surface area contributed by atoms with Gasteiger partial charge in [-0.25, -0.2) is 4.39 Å². The van der Waals surface area contributed by atoms with Crippen LogP contribution in [0.3, 0.4) is 0 Å². The van der Waals surface area contributed by atoms with Crippen LogP contribution in [0.25, 0.3) is 0 Å². The fraction of sp³-hybridized carbons (Fsp3) is 0.462. The molecule has 0 fully saturated rings. The van der Waals surface area contributed by atoms with Crippen molar-refractivity contribution in [2.45, 2.75) is 26.9 Å². The third-order valence-corrected chi connectivity index (χ3v) is 3.12. The van der Waals surface area contributed by atoms with Crippen molar-refractivity contribution in [3.05, 3.63) is 34.1 Å². The van der Waals surface area contributed by atoms with Crippen molar-refractivity contribution < 1.29 is 14.3 Å². The first kappa shape index (κ1) is 15.1. The Morgan fingerprint density at radius 2 is 2.11 bits per heavy atom. The molecular weight excluding hydrogens is 301 g/mol. The lowest BCUT2D eigenvalue weighted by atomic mass is 9.89. The number of benzene rings is 1. The predicted molar refractivity (Wildman–Crippen MR) is 71.9 cm³/mol. The average Bonchev–Trinajstić information content (AvgIpc) is 2.27. The van der Waals surface area contributed by atoms with Gasteiger partial charge in [-0.15, -0.1) is 0 Å². The molecule has 0 spiro atoms. The van der Waals surface area contributed by atoms with E-state index in [-0.39, 0.29) is 17.5 Å². The molecule has 1 aromatic rings. The molecule has 1 unspecified atom stereocenters. The first-order valence-corrected chi connectivity index (χ1v) is 6.42. The normalized spacial score (nSPS) is 13.2. The Morgan fingerprint density at radius 1 is 1.50 bits per heavy atom. The molecule has 0 saturated carbocycles. The zero-order valence-corrected chi connectivity index (χ0v) is 12.2. The first-order valence-electron chi connectivity index (χ1n) is 5.63. The summed E-state index contributed by atoms with van der Waals surface area (Å²) in [5.74, 6) is -1.11. The van der Waals surface area contributed by atoms with Crippen LogP contribution in [0.5, 0.6) is 0 Å². The lowest BCUT2D eigenvalue weighted by molar-refractivity contribution is 0.0585. The molecule has 3 nitrogen and oxygen atoms in total. The molecule has 0 bridgehead atoms. The molecule has 0 aliphatic rings. The molecule has 0 heterocycles. The number of hydrogen-bond acceptors (Lipinski definition) is 2. The highest BCUT2D eigenvalue weighted by Crippen LogP contribution is 2.19. The Hall–Kier alpha value is -0.940. The zero-order valence-electron chi connectivity index (χ0n) is 10.6. The summed E-state index contributed by atoms with van der Waals surface area (Å²) >= 11 is 3.18. The summed E-state index contributed by atoms with van der Waals surface area (Å²) in [6.45, 7) is 5.69. The van der Waals surface area contributed by atoms with Crippen LogP contribution in [0.4, 0.5) is 4.39 Å². The van der Waals surface area contributed by atoms with Gasteiger partial charge in [0.2, 0.25) is 0 Å². The molecule has 1 rings (SSSR count). The molecule has 0 aromatic heterocycles. The van der Waals surface area contributed by atoms with Crippen LogP contribution in [-0.2, 0) is 0 Å². The summed E-state index contributed by atoms with van der Waals surface area (Å²) in [6, 6.07) is 4.16. The van der Waals surface area contributed by atoms with E-state index in [4.69, 9.17) is 0 Å². The number of aliphatic hydroxyl groups excluding tert-OH is 1. The molecule has 1 aromatic carbocycles. The summed E-state index contributed by atoms with van der Waals surface area (Å²) in [5.41, 5.74) is -0.367. The minimum Gasteiger partial charge on any atom is -0.391 e. The van der Waals surface area contributed by atoms with Crippen LogP contribution in [-0.4, -0.2) is 23.7 Å². The maximum absolute atomic E-state index is 13.4. The van der Waals surface area contributed by atoms with Crippen molar-refractivity contribution in [1.29, 1.82) is 0 Å². The summed E-state index contributed by atoms with van der Waals surface area (Å²) in [6.07, 6.45) is -0.684. The molecule has 5 heteroatoms. The van der Waals surface area contributed by atoms with E-state index in [1.54, 1.807) is 0 Å². The van der Waals surface area contributed by atoms with Gasteiger partial charge in [-0.05, 0) is 23.6 Å². The Bertz CT molecular complexity index is 443. The van der Waals surface area contributed by atoms with E-state index in [9.17, 15) is 14.3 Å². The number of halogens is 2. The summed E-state index contributed by atoms with van der Waals surface area (Å²) in [7, 11) is 0. The van der Waals surface area contributed by atoms with Crippen LogP contribution in [0.2, 0.25) is 0 Å². The number of nitrogens with one attached hydrogen (secondary N) is 1. The fourth-order valence-electron chi connectivity index (χ4n) is 1.26. The number of amides is 1. The maximum atomic E-state index is 13.4. The number of rotatable bonds is 3. The van der Waals surface area contributed by atoms with E-state index in [1.807, 2.05) is 20.8 Å². The molecule has 18 heavy (non-hydrogen) atoms. The first-order chi connectivity index (χ1) is 8.21. The average molecular weight is 318 g/mol. The van der Waals surface area contributed by atoms with E-state index in [1.165, 1.54) is 18.2 Å². The smallest absolute Gasteiger partial charge is 0.254 e. The van der Waals surface area contributed by atoms with Crippen LogP contribution in [0, 0.1) is 11.2 Å². The number of aliphatic hydroxyl groups is 1. The van der Waals surface area contributed by atoms with Crippen LogP contribution in [0.1, 0.15) is 31.1 Å². The van der Waals surface area contributed by atoms with Gasteiger partial charge in [-0.2, -0.15) is 0 Å². The van der Waals surface area contributed by atoms with E-state index < -0.39 is 17.8 Å². The molecule has 0 radical (unpaired) electrons. The Morgan fingerprint density at radius 3 is 2.67 bits per heavy atom. The minimum absolute atomic E-state index is 0.0366. The quantitative estimate of drug-likeness (QED) is 0.900. The van der Waals surface area contributed by atoms with Gasteiger partial charge in [-0.3, -0.25) is 4.79 Å². The topological polar surface area (TPSA) is 49.3 Å². The van der Waals surface area contributed by atoms with Crippen molar-refractivity contribution in [1.82, 2.24) is 5.32 Å². The molecule has 0 aliphatic carbocycles. The van der Waals surface area contributed by atoms with Crippen LogP contribution >= 0.6 is 15.9 Å². The van der Waals surface area contributed by atoms with E-state index in [0.29, 0.717) is 4.47 Å². The SMILES string of the molecule is CC(C)(C)C(O)CNC(=O)c1cc(Br)ccc1F. The highest BCUT2D eigenvalue weighted by atomic mass is 79.9. The van der Waals surface area contributed by atoms with Crippen molar-refractivity contribution in [2.24, 2.45) is 5.41 Å². The van der Waals surface area contributed by atoms with Crippen LogP contribution in [0.15, 0.2) is 22.7 Å². The molecule has 1 amide bonds. The molecule has 100 valence electrons. The van der Waals surface area contributed by atoms with Crippen molar-refractivity contribution >= 4 is 21.8 Å². The second kappa shape index (κ2) is 5.80. The lowest BCUT2D eigenvalue weighted by Gasteiger charge is -2.25. The van der Waals surface area contributed by atoms with Crippen molar-refractivity contribution in [2.75, 3.05) is 6.54 Å². The molecule has 0 saturated heterocycles. The molecule has 2 N–H and O–H groups in total. The van der Waals surface area contributed by atoms with E-state index in [0.717, 1.165) is 0 Å². The number of carbonyl (C=O) groups excluding carboxylic acids is 1. The summed E-state index contributed by atoms with van der Waals surface area (Å²) < 4.78 is 14.1. The van der Waals surface area contributed by atoms with Crippen molar-refractivity contribution in [3.8, 4) is 0 Å². The molecular formula is C13H17BrFNO2. The van der Waals surface area contributed by atoms with E-state index in [2.05, 4.69) is 21.2 Å². The second-order valence-electron chi connectivity index (χ2n) is 5.22. The van der Waals surface area contributed by atoms with Gasteiger partial charge in [0.25, 0.3) is 5.91 Å².